The molecule has 1 heterocycles. The van der Waals surface area contributed by atoms with Crippen molar-refractivity contribution in [1.29, 1.82) is 0 Å². The average Bonchev–Trinajstić information content (AvgIpc) is 2.51. The number of carbonyl (C=O) groups excluding carboxylic acids is 1. The molecule has 15 heavy (non-hydrogen) atoms. The Hall–Kier alpha value is -0.220. The number of carbonyl (C=O) groups is 1. The minimum atomic E-state index is 0.0379. The van der Waals surface area contributed by atoms with Gasteiger partial charge in [-0.3, -0.25) is 10.1 Å². The molecular formula is C11H22N2OS. The second kappa shape index (κ2) is 5.75. The molecule has 1 N–H and O–H groups in total. The van der Waals surface area contributed by atoms with Gasteiger partial charge < -0.3 is 4.90 Å². The largest absolute Gasteiger partial charge is 0.322 e. The third-order valence-corrected chi connectivity index (χ3v) is 3.76. The van der Waals surface area contributed by atoms with Crippen LogP contribution in [0.25, 0.3) is 0 Å². The number of nitrogens with one attached hydrogen (secondary N) is 1. The van der Waals surface area contributed by atoms with Crippen LogP contribution in [0, 0.1) is 0 Å². The molecular weight excluding hydrogens is 208 g/mol. The Kier molecular flexibility index (Phi) is 4.93. The van der Waals surface area contributed by atoms with E-state index >= 15 is 0 Å². The number of hydrogen-bond donors (Lipinski definition) is 1. The van der Waals surface area contributed by atoms with E-state index in [4.69, 9.17) is 0 Å². The summed E-state index contributed by atoms with van der Waals surface area (Å²) >= 11 is 1.81. The van der Waals surface area contributed by atoms with Gasteiger partial charge in [-0.15, -0.1) is 0 Å². The maximum absolute atomic E-state index is 12.1. The summed E-state index contributed by atoms with van der Waals surface area (Å²) in [6.45, 7) is 6.29. The van der Waals surface area contributed by atoms with E-state index in [2.05, 4.69) is 32.3 Å². The maximum Gasteiger partial charge on any atom is 0.241 e. The zero-order valence-corrected chi connectivity index (χ0v) is 10.9. The van der Waals surface area contributed by atoms with Gasteiger partial charge >= 0.3 is 0 Å². The lowest BCUT2D eigenvalue weighted by molar-refractivity contribution is -0.131. The molecule has 4 heteroatoms. The topological polar surface area (TPSA) is 32.3 Å². The molecule has 0 aromatic heterocycles. The standard InChI is InChI=1S/C11H22N2OS/c1-5-9(7-15-4)13-8(3)12-10(6-2)11(13)14/h8-10,12H,5-7H2,1-4H3. The first-order valence-electron chi connectivity index (χ1n) is 5.72. The van der Waals surface area contributed by atoms with Gasteiger partial charge in [-0.05, 0) is 26.0 Å². The van der Waals surface area contributed by atoms with E-state index in [0.717, 1.165) is 18.6 Å². The van der Waals surface area contributed by atoms with Crippen molar-refractivity contribution in [1.82, 2.24) is 10.2 Å². The first kappa shape index (κ1) is 12.8. The molecule has 3 atom stereocenters. The minimum absolute atomic E-state index is 0.0379. The third kappa shape index (κ3) is 2.67. The van der Waals surface area contributed by atoms with Gasteiger partial charge in [-0.1, -0.05) is 13.8 Å². The number of hydrogen-bond acceptors (Lipinski definition) is 3. The molecule has 0 aromatic carbocycles. The molecule has 1 aliphatic rings. The van der Waals surface area contributed by atoms with Crippen molar-refractivity contribution in [2.24, 2.45) is 0 Å². The summed E-state index contributed by atoms with van der Waals surface area (Å²) in [6.07, 6.45) is 4.21. The highest BCUT2D eigenvalue weighted by atomic mass is 32.2. The van der Waals surface area contributed by atoms with Crippen molar-refractivity contribution in [2.75, 3.05) is 12.0 Å². The normalized spacial score (nSPS) is 28.5. The Labute approximate surface area is 97.0 Å². The summed E-state index contributed by atoms with van der Waals surface area (Å²) in [4.78, 5) is 14.1. The lowest BCUT2D eigenvalue weighted by atomic mass is 10.2. The molecule has 1 saturated heterocycles. The van der Waals surface area contributed by atoms with Crippen LogP contribution in [0.1, 0.15) is 33.6 Å². The Morgan fingerprint density at radius 3 is 2.60 bits per heavy atom. The number of nitrogens with zero attached hydrogens (tertiary/aromatic N) is 1. The van der Waals surface area contributed by atoms with Crippen LogP contribution in [0.15, 0.2) is 0 Å². The number of thioether (sulfide) groups is 1. The fourth-order valence-corrected chi connectivity index (χ4v) is 2.97. The molecule has 1 fully saturated rings. The molecule has 1 aliphatic heterocycles. The fourth-order valence-electron chi connectivity index (χ4n) is 2.19. The molecule has 0 bridgehead atoms. The fraction of sp³-hybridized carbons (Fsp3) is 0.909. The SMILES string of the molecule is CCC1NC(C)N(C(CC)CSC)C1=O. The maximum atomic E-state index is 12.1. The Balaban J connectivity index is 2.70. The van der Waals surface area contributed by atoms with Crippen LogP contribution in [-0.2, 0) is 4.79 Å². The van der Waals surface area contributed by atoms with Crippen LogP contribution in [0.3, 0.4) is 0 Å². The van der Waals surface area contributed by atoms with Gasteiger partial charge in [0.25, 0.3) is 0 Å². The van der Waals surface area contributed by atoms with Crippen LogP contribution in [0.5, 0.6) is 0 Å². The highest BCUT2D eigenvalue weighted by molar-refractivity contribution is 7.98. The Morgan fingerprint density at radius 1 is 1.53 bits per heavy atom. The quantitative estimate of drug-likeness (QED) is 0.780. The van der Waals surface area contributed by atoms with Crippen LogP contribution in [0.2, 0.25) is 0 Å². The highest BCUT2D eigenvalue weighted by Crippen LogP contribution is 2.20. The second-order valence-corrected chi connectivity index (χ2v) is 4.98. The first-order valence-corrected chi connectivity index (χ1v) is 7.12. The van der Waals surface area contributed by atoms with E-state index < -0.39 is 0 Å². The summed E-state index contributed by atoms with van der Waals surface area (Å²) in [5, 5.41) is 3.34. The smallest absolute Gasteiger partial charge is 0.241 e. The van der Waals surface area contributed by atoms with E-state index in [1.165, 1.54) is 0 Å². The van der Waals surface area contributed by atoms with Gasteiger partial charge in [-0.2, -0.15) is 11.8 Å². The summed E-state index contributed by atoms with van der Waals surface area (Å²) in [5.41, 5.74) is 0. The summed E-state index contributed by atoms with van der Waals surface area (Å²) in [5.74, 6) is 1.32. The van der Waals surface area contributed by atoms with Gasteiger partial charge in [-0.25, -0.2) is 0 Å². The predicted molar refractivity (Wildman–Crippen MR) is 66.0 cm³/mol. The Bertz CT molecular complexity index is 223. The predicted octanol–water partition coefficient (Wildman–Crippen LogP) is 1.68. The van der Waals surface area contributed by atoms with Gasteiger partial charge in [0.2, 0.25) is 5.91 Å². The summed E-state index contributed by atoms with van der Waals surface area (Å²) < 4.78 is 0. The van der Waals surface area contributed by atoms with Crippen molar-refractivity contribution in [3.8, 4) is 0 Å². The van der Waals surface area contributed by atoms with Crippen molar-refractivity contribution in [2.45, 2.75) is 51.9 Å². The lowest BCUT2D eigenvalue weighted by Crippen LogP contribution is -2.44. The second-order valence-electron chi connectivity index (χ2n) is 4.07. The zero-order valence-electron chi connectivity index (χ0n) is 10.1. The highest BCUT2D eigenvalue weighted by Gasteiger charge is 2.38. The van der Waals surface area contributed by atoms with Gasteiger partial charge in [0.15, 0.2) is 0 Å². The average molecular weight is 230 g/mol. The molecule has 0 aliphatic carbocycles. The van der Waals surface area contributed by atoms with Crippen molar-refractivity contribution >= 4 is 17.7 Å². The van der Waals surface area contributed by atoms with E-state index in [-0.39, 0.29) is 18.1 Å². The van der Waals surface area contributed by atoms with E-state index in [1.54, 1.807) is 0 Å². The van der Waals surface area contributed by atoms with Crippen LogP contribution < -0.4 is 5.32 Å². The first-order chi connectivity index (χ1) is 7.15. The molecule has 88 valence electrons. The molecule has 0 radical (unpaired) electrons. The van der Waals surface area contributed by atoms with Crippen molar-refractivity contribution in [3.05, 3.63) is 0 Å². The lowest BCUT2D eigenvalue weighted by Gasteiger charge is -2.29. The minimum Gasteiger partial charge on any atom is -0.322 e. The van der Waals surface area contributed by atoms with E-state index in [1.807, 2.05) is 16.7 Å². The molecule has 0 aromatic rings. The molecule has 1 amide bonds. The van der Waals surface area contributed by atoms with Gasteiger partial charge in [0.05, 0.1) is 12.2 Å². The molecule has 0 spiro atoms. The molecule has 3 nitrogen and oxygen atoms in total. The molecule has 3 unspecified atom stereocenters. The van der Waals surface area contributed by atoms with Crippen molar-refractivity contribution < 1.29 is 4.79 Å². The third-order valence-electron chi connectivity index (χ3n) is 3.04. The molecule has 0 saturated carbocycles. The summed E-state index contributed by atoms with van der Waals surface area (Å²) in [7, 11) is 0. The van der Waals surface area contributed by atoms with Crippen LogP contribution >= 0.6 is 11.8 Å². The van der Waals surface area contributed by atoms with Crippen LogP contribution in [-0.4, -0.2) is 41.1 Å². The van der Waals surface area contributed by atoms with E-state index in [0.29, 0.717) is 6.04 Å². The zero-order chi connectivity index (χ0) is 11.4. The van der Waals surface area contributed by atoms with Gasteiger partial charge in [0, 0.05) is 11.8 Å². The van der Waals surface area contributed by atoms with E-state index in [9.17, 15) is 4.79 Å². The van der Waals surface area contributed by atoms with Gasteiger partial charge in [0.1, 0.15) is 0 Å². The number of amides is 1. The van der Waals surface area contributed by atoms with Crippen LogP contribution in [0.4, 0.5) is 0 Å². The molecule has 1 rings (SSSR count). The number of rotatable bonds is 5. The monoisotopic (exact) mass is 230 g/mol. The summed E-state index contributed by atoms with van der Waals surface area (Å²) in [6, 6.07) is 0.419. The Morgan fingerprint density at radius 2 is 2.20 bits per heavy atom. The van der Waals surface area contributed by atoms with Crippen molar-refractivity contribution in [3.63, 3.8) is 0 Å².